The summed E-state index contributed by atoms with van der Waals surface area (Å²) in [5.74, 6) is -0.702. The van der Waals surface area contributed by atoms with Gasteiger partial charge in [0.25, 0.3) is 5.91 Å². The Bertz CT molecular complexity index is 398. The maximum Gasteiger partial charge on any atom is 0.251 e. The van der Waals surface area contributed by atoms with Gasteiger partial charge >= 0.3 is 0 Å². The van der Waals surface area contributed by atoms with Gasteiger partial charge in [-0.1, -0.05) is 22.0 Å². The first kappa shape index (κ1) is 14.1. The molecule has 0 fully saturated rings. The Balaban J connectivity index is 2.78. The van der Waals surface area contributed by atoms with Crippen molar-refractivity contribution in [1.29, 1.82) is 0 Å². The first-order valence-electron chi connectivity index (χ1n) is 5.20. The predicted molar refractivity (Wildman–Crippen MR) is 68.1 cm³/mol. The Kier molecular flexibility index (Phi) is 5.58. The van der Waals surface area contributed by atoms with E-state index in [-0.39, 0.29) is 11.9 Å². The molecule has 1 amide bonds. The number of nitrogens with one attached hydrogen (secondary N) is 1. The molecule has 0 spiro atoms. The van der Waals surface area contributed by atoms with E-state index in [4.69, 9.17) is 4.74 Å². The number of hydrogen-bond donors (Lipinski definition) is 1. The fourth-order valence-corrected chi connectivity index (χ4v) is 1.78. The topological polar surface area (TPSA) is 38.3 Å². The van der Waals surface area contributed by atoms with Gasteiger partial charge in [0.2, 0.25) is 0 Å². The molecule has 0 aromatic heterocycles. The molecule has 1 N–H and O–H groups in total. The van der Waals surface area contributed by atoms with E-state index in [1.54, 1.807) is 20.1 Å². The summed E-state index contributed by atoms with van der Waals surface area (Å²) in [6.45, 7) is 2.18. The second-order valence-electron chi connectivity index (χ2n) is 3.74. The summed E-state index contributed by atoms with van der Waals surface area (Å²) < 4.78 is 18.0. The Labute approximate surface area is 108 Å². The SMILES string of the molecule is COCC(CBr)NC(=O)c1cc(F)ccc1C. The molecule has 1 aromatic carbocycles. The van der Waals surface area contributed by atoms with Gasteiger partial charge in [-0.25, -0.2) is 4.39 Å². The molecule has 1 unspecified atom stereocenters. The summed E-state index contributed by atoms with van der Waals surface area (Å²) in [6.07, 6.45) is 0. The van der Waals surface area contributed by atoms with Crippen molar-refractivity contribution in [2.24, 2.45) is 0 Å². The number of rotatable bonds is 5. The standard InChI is InChI=1S/C12H15BrFNO2/c1-8-3-4-9(14)5-11(8)12(16)15-10(6-13)7-17-2/h3-5,10H,6-7H2,1-2H3,(H,15,16). The number of benzene rings is 1. The minimum atomic E-state index is -0.414. The van der Waals surface area contributed by atoms with Crippen LogP contribution < -0.4 is 5.32 Å². The summed E-state index contributed by atoms with van der Waals surface area (Å²) in [6, 6.07) is 4.03. The molecule has 1 rings (SSSR count). The van der Waals surface area contributed by atoms with Gasteiger partial charge in [0, 0.05) is 18.0 Å². The zero-order valence-electron chi connectivity index (χ0n) is 9.80. The van der Waals surface area contributed by atoms with E-state index in [9.17, 15) is 9.18 Å². The molecule has 3 nitrogen and oxygen atoms in total. The number of amides is 1. The number of aryl methyl sites for hydroxylation is 1. The Morgan fingerprint density at radius 1 is 1.59 bits per heavy atom. The first-order valence-corrected chi connectivity index (χ1v) is 6.32. The molecule has 0 bridgehead atoms. The number of methoxy groups -OCH3 is 1. The van der Waals surface area contributed by atoms with Crippen molar-refractivity contribution in [1.82, 2.24) is 5.32 Å². The summed E-state index contributed by atoms with van der Waals surface area (Å²) in [7, 11) is 1.56. The van der Waals surface area contributed by atoms with Gasteiger partial charge in [-0.3, -0.25) is 4.79 Å². The highest BCUT2D eigenvalue weighted by Crippen LogP contribution is 2.10. The molecule has 0 saturated carbocycles. The van der Waals surface area contributed by atoms with Gasteiger partial charge in [-0.05, 0) is 24.6 Å². The average molecular weight is 304 g/mol. The minimum Gasteiger partial charge on any atom is -0.383 e. The van der Waals surface area contributed by atoms with Crippen LogP contribution in [0.3, 0.4) is 0 Å². The Hall–Kier alpha value is -0.940. The van der Waals surface area contributed by atoms with Crippen molar-refractivity contribution >= 4 is 21.8 Å². The van der Waals surface area contributed by atoms with E-state index >= 15 is 0 Å². The molecule has 0 aliphatic heterocycles. The predicted octanol–water partition coefficient (Wildman–Crippen LogP) is 2.27. The van der Waals surface area contributed by atoms with Gasteiger partial charge in [0.1, 0.15) is 5.82 Å². The molecule has 17 heavy (non-hydrogen) atoms. The van der Waals surface area contributed by atoms with Gasteiger partial charge in [-0.2, -0.15) is 0 Å². The van der Waals surface area contributed by atoms with Crippen LogP contribution in [0.15, 0.2) is 18.2 Å². The second kappa shape index (κ2) is 6.71. The van der Waals surface area contributed by atoms with Gasteiger partial charge in [-0.15, -0.1) is 0 Å². The van der Waals surface area contributed by atoms with Crippen molar-refractivity contribution in [3.63, 3.8) is 0 Å². The highest BCUT2D eigenvalue weighted by molar-refractivity contribution is 9.09. The van der Waals surface area contributed by atoms with E-state index in [1.165, 1.54) is 12.1 Å². The molecule has 0 saturated heterocycles. The first-order chi connectivity index (χ1) is 8.08. The zero-order valence-corrected chi connectivity index (χ0v) is 11.4. The second-order valence-corrected chi connectivity index (χ2v) is 4.39. The van der Waals surface area contributed by atoms with Crippen LogP contribution in [0.25, 0.3) is 0 Å². The molecule has 0 heterocycles. The number of carbonyl (C=O) groups is 1. The third-order valence-corrected chi connectivity index (χ3v) is 3.12. The highest BCUT2D eigenvalue weighted by Gasteiger charge is 2.14. The van der Waals surface area contributed by atoms with E-state index < -0.39 is 5.82 Å². The Morgan fingerprint density at radius 2 is 2.29 bits per heavy atom. The fraction of sp³-hybridized carbons (Fsp3) is 0.417. The maximum absolute atomic E-state index is 13.1. The lowest BCUT2D eigenvalue weighted by atomic mass is 10.1. The van der Waals surface area contributed by atoms with Crippen LogP contribution >= 0.6 is 15.9 Å². The highest BCUT2D eigenvalue weighted by atomic mass is 79.9. The number of alkyl halides is 1. The van der Waals surface area contributed by atoms with E-state index in [2.05, 4.69) is 21.2 Å². The summed E-state index contributed by atoms with van der Waals surface area (Å²) in [5, 5.41) is 3.36. The average Bonchev–Trinajstić information content (AvgIpc) is 2.31. The lowest BCUT2D eigenvalue weighted by molar-refractivity contribution is 0.0907. The van der Waals surface area contributed by atoms with Crippen LogP contribution in [0.1, 0.15) is 15.9 Å². The number of carbonyl (C=O) groups excluding carboxylic acids is 1. The molecule has 1 atom stereocenters. The molecule has 0 radical (unpaired) electrons. The van der Waals surface area contributed by atoms with Crippen LogP contribution in [0.4, 0.5) is 4.39 Å². The quantitative estimate of drug-likeness (QED) is 0.848. The van der Waals surface area contributed by atoms with Gasteiger partial charge < -0.3 is 10.1 Å². The number of ether oxygens (including phenoxy) is 1. The summed E-state index contributed by atoms with van der Waals surface area (Å²) in [4.78, 5) is 11.9. The van der Waals surface area contributed by atoms with Crippen LogP contribution in [0.2, 0.25) is 0 Å². The smallest absolute Gasteiger partial charge is 0.251 e. The van der Waals surface area contributed by atoms with E-state index in [0.29, 0.717) is 17.5 Å². The van der Waals surface area contributed by atoms with E-state index in [0.717, 1.165) is 5.56 Å². The monoisotopic (exact) mass is 303 g/mol. The van der Waals surface area contributed by atoms with Crippen molar-refractivity contribution in [3.05, 3.63) is 35.1 Å². The zero-order chi connectivity index (χ0) is 12.8. The van der Waals surface area contributed by atoms with Crippen LogP contribution in [-0.4, -0.2) is 31.0 Å². The van der Waals surface area contributed by atoms with E-state index in [1.807, 2.05) is 0 Å². The molecular formula is C12H15BrFNO2. The minimum absolute atomic E-state index is 0.129. The van der Waals surface area contributed by atoms with Gasteiger partial charge in [0.05, 0.1) is 12.6 Å². The molecule has 0 aliphatic rings. The number of hydrogen-bond acceptors (Lipinski definition) is 2. The van der Waals surface area contributed by atoms with Crippen molar-refractivity contribution < 1.29 is 13.9 Å². The molecule has 94 valence electrons. The molecule has 5 heteroatoms. The lowest BCUT2D eigenvalue weighted by Crippen LogP contribution is -2.39. The maximum atomic E-state index is 13.1. The van der Waals surface area contributed by atoms with Crippen molar-refractivity contribution in [2.45, 2.75) is 13.0 Å². The molecule has 0 aliphatic carbocycles. The molecule has 1 aromatic rings. The number of halogens is 2. The van der Waals surface area contributed by atoms with Crippen LogP contribution in [-0.2, 0) is 4.74 Å². The van der Waals surface area contributed by atoms with Crippen molar-refractivity contribution in [3.8, 4) is 0 Å². The largest absolute Gasteiger partial charge is 0.383 e. The van der Waals surface area contributed by atoms with Crippen LogP contribution in [0.5, 0.6) is 0 Å². The molecular weight excluding hydrogens is 289 g/mol. The summed E-state index contributed by atoms with van der Waals surface area (Å²) >= 11 is 3.28. The summed E-state index contributed by atoms with van der Waals surface area (Å²) in [5.41, 5.74) is 1.10. The van der Waals surface area contributed by atoms with Crippen molar-refractivity contribution in [2.75, 3.05) is 19.0 Å². The third-order valence-electron chi connectivity index (χ3n) is 2.33. The Morgan fingerprint density at radius 3 is 2.88 bits per heavy atom. The lowest BCUT2D eigenvalue weighted by Gasteiger charge is -2.16. The van der Waals surface area contributed by atoms with Crippen LogP contribution in [0, 0.1) is 12.7 Å². The van der Waals surface area contributed by atoms with Gasteiger partial charge in [0.15, 0.2) is 0 Å². The normalized spacial score (nSPS) is 12.2. The fourth-order valence-electron chi connectivity index (χ4n) is 1.43. The third kappa shape index (κ3) is 4.09.